The van der Waals surface area contributed by atoms with Gasteiger partial charge in [0.05, 0.1) is 41.1 Å². The molecule has 58 heavy (non-hydrogen) atoms. The highest BCUT2D eigenvalue weighted by Gasteiger charge is 2.69. The summed E-state index contributed by atoms with van der Waals surface area (Å²) in [6.45, 7) is -0.531. The number of nitrogens with zero attached hydrogens (tertiary/aromatic N) is 5. The van der Waals surface area contributed by atoms with Crippen LogP contribution in [0.5, 0.6) is 0 Å². The molecule has 3 heterocycles. The molecular weight excluding hydrogens is 823 g/mol. The Kier molecular flexibility index (Phi) is 10.5. The van der Waals surface area contributed by atoms with E-state index >= 15 is 8.78 Å². The van der Waals surface area contributed by atoms with Gasteiger partial charge in [-0.25, -0.2) is 26.9 Å². The summed E-state index contributed by atoms with van der Waals surface area (Å²) in [5.41, 5.74) is 2.44. The maximum atomic E-state index is 16.1. The molecule has 0 aliphatic heterocycles. The number of aryl methyl sites for hydroxylation is 1. The quantitative estimate of drug-likeness (QED) is 0.0808. The summed E-state index contributed by atoms with van der Waals surface area (Å²) in [7, 11) is -2.46. The van der Waals surface area contributed by atoms with Crippen LogP contribution in [0.15, 0.2) is 42.5 Å². The first-order chi connectivity index (χ1) is 27.2. The third kappa shape index (κ3) is 7.58. The van der Waals surface area contributed by atoms with Gasteiger partial charge in [0.1, 0.15) is 35.7 Å². The number of pyridine rings is 1. The Balaban J connectivity index is 1.54. The smallest absolute Gasteiger partial charge is 0.394 e. The number of anilines is 1. The fraction of sp³-hybridized carbons (Fsp3) is 0.351. The van der Waals surface area contributed by atoms with Gasteiger partial charge in [0, 0.05) is 41.6 Å². The van der Waals surface area contributed by atoms with E-state index < -0.39 is 86.8 Å². The van der Waals surface area contributed by atoms with E-state index in [1.54, 1.807) is 0 Å². The molecule has 1 fully saturated rings. The van der Waals surface area contributed by atoms with Crippen molar-refractivity contribution in [2.45, 2.75) is 42.8 Å². The Bertz CT molecular complexity index is 2640. The van der Waals surface area contributed by atoms with Crippen LogP contribution in [-0.2, 0) is 45.1 Å². The van der Waals surface area contributed by atoms with E-state index in [0.29, 0.717) is 6.07 Å². The largest absolute Gasteiger partial charge is 0.435 e. The van der Waals surface area contributed by atoms with Crippen molar-refractivity contribution in [2.75, 3.05) is 30.8 Å². The van der Waals surface area contributed by atoms with E-state index in [2.05, 4.69) is 31.7 Å². The molecule has 1 saturated carbocycles. The van der Waals surface area contributed by atoms with Crippen molar-refractivity contribution in [2.24, 2.45) is 18.7 Å². The molecule has 1 amide bonds. The fourth-order valence-corrected chi connectivity index (χ4v) is 8.41. The number of amides is 1. The Morgan fingerprint density at radius 1 is 1.14 bits per heavy atom. The molecule has 0 bridgehead atoms. The number of benzene rings is 2. The lowest BCUT2D eigenvalue weighted by Gasteiger charge is -2.29. The van der Waals surface area contributed by atoms with Gasteiger partial charge in [0.2, 0.25) is 15.9 Å². The van der Waals surface area contributed by atoms with Crippen LogP contribution in [0.25, 0.3) is 22.0 Å². The summed E-state index contributed by atoms with van der Waals surface area (Å²) in [4.78, 5) is 18.4. The summed E-state index contributed by atoms with van der Waals surface area (Å²) in [5, 5.41) is 17.1. The van der Waals surface area contributed by atoms with Gasteiger partial charge in [-0.15, -0.1) is 0 Å². The average Bonchev–Trinajstić information content (AvgIpc) is 3.64. The second kappa shape index (κ2) is 14.9. The Hall–Kier alpha value is -5.23. The molecule has 4 N–H and O–H groups in total. The van der Waals surface area contributed by atoms with Crippen molar-refractivity contribution in [3.8, 4) is 23.0 Å². The van der Waals surface area contributed by atoms with E-state index in [4.69, 9.17) is 27.2 Å². The molecule has 4 atom stereocenters. The zero-order valence-corrected chi connectivity index (χ0v) is 31.8. The maximum absolute atomic E-state index is 16.1. The third-order valence-electron chi connectivity index (χ3n) is 9.88. The average molecular weight is 854 g/mol. The second-order valence-electron chi connectivity index (χ2n) is 13.9. The minimum Gasteiger partial charge on any atom is -0.394 e. The van der Waals surface area contributed by atoms with Gasteiger partial charge in [0.15, 0.2) is 11.5 Å². The van der Waals surface area contributed by atoms with Gasteiger partial charge in [-0.2, -0.15) is 32.1 Å². The summed E-state index contributed by atoms with van der Waals surface area (Å²) in [6, 6.07) is 5.85. The second-order valence-corrected chi connectivity index (χ2v) is 16.1. The molecule has 2 aliphatic carbocycles. The first-order valence-electron chi connectivity index (χ1n) is 17.3. The fourth-order valence-electron chi connectivity index (χ4n) is 7.67. The highest BCUT2D eigenvalue weighted by molar-refractivity contribution is 7.92. The number of carbonyl (C=O) groups is 1. The Morgan fingerprint density at radius 2 is 1.83 bits per heavy atom. The number of ether oxygens (including phenoxy) is 1. The number of carbonyl (C=O) groups excluding carboxylic acids is 1. The lowest BCUT2D eigenvalue weighted by molar-refractivity contribution is -0.142. The molecule has 0 spiro atoms. The lowest BCUT2D eigenvalue weighted by Crippen LogP contribution is -2.37. The van der Waals surface area contributed by atoms with Gasteiger partial charge in [-0.05, 0) is 60.6 Å². The molecule has 2 aliphatic rings. The zero-order valence-electron chi connectivity index (χ0n) is 30.2. The van der Waals surface area contributed by atoms with E-state index in [9.17, 15) is 35.2 Å². The van der Waals surface area contributed by atoms with E-state index in [0.717, 1.165) is 18.4 Å². The predicted molar refractivity (Wildman–Crippen MR) is 195 cm³/mol. The SMILES string of the molecule is Cn1nc(NS(C)(=O)=O)c2c(Cl)ccc(-c3ccc(C#CCOCCO)nc3[C@@H](Cc3cc(F)cc(F)c3)C(C(N)=O)n3nc(C(F)(F)F)c4c3C(F)(F)[C@@H]3C[C@H]43)c21. The summed E-state index contributed by atoms with van der Waals surface area (Å²) in [5.74, 6) is -6.58. The minimum atomic E-state index is -5.23. The number of rotatable bonds is 12. The first-order valence-corrected chi connectivity index (χ1v) is 19.6. The summed E-state index contributed by atoms with van der Waals surface area (Å²) in [6.07, 6.45) is -5.22. The van der Waals surface area contributed by atoms with Crippen LogP contribution in [0.4, 0.5) is 36.6 Å². The third-order valence-corrected chi connectivity index (χ3v) is 10.8. The van der Waals surface area contributed by atoms with Crippen molar-refractivity contribution in [3.63, 3.8) is 0 Å². The summed E-state index contributed by atoms with van der Waals surface area (Å²) >= 11 is 6.57. The first kappa shape index (κ1) is 40.9. The number of hydrogen-bond donors (Lipinski definition) is 3. The lowest BCUT2D eigenvalue weighted by atomic mass is 9.84. The van der Waals surface area contributed by atoms with Crippen LogP contribution >= 0.6 is 11.6 Å². The molecular formula is C37H31ClF7N7O5S. The number of aliphatic hydroxyl groups is 1. The molecule has 12 nitrogen and oxygen atoms in total. The normalized spacial score (nSPS) is 18.0. The van der Waals surface area contributed by atoms with Gasteiger partial charge < -0.3 is 15.6 Å². The minimum absolute atomic E-state index is 0.0344. The van der Waals surface area contributed by atoms with Crippen LogP contribution in [0.2, 0.25) is 5.02 Å². The predicted octanol–water partition coefficient (Wildman–Crippen LogP) is 5.78. The van der Waals surface area contributed by atoms with Crippen molar-refractivity contribution in [3.05, 3.63) is 93.0 Å². The van der Waals surface area contributed by atoms with Gasteiger partial charge >= 0.3 is 6.18 Å². The zero-order chi connectivity index (χ0) is 42.1. The molecule has 3 aromatic heterocycles. The van der Waals surface area contributed by atoms with Crippen LogP contribution in [-0.4, -0.2) is 70.1 Å². The molecule has 0 saturated heterocycles. The molecule has 2 aromatic carbocycles. The highest BCUT2D eigenvalue weighted by atomic mass is 35.5. The molecule has 1 unspecified atom stereocenters. The number of nitrogens with one attached hydrogen (secondary N) is 1. The van der Waals surface area contributed by atoms with Gasteiger partial charge in [0.25, 0.3) is 5.92 Å². The van der Waals surface area contributed by atoms with Crippen molar-refractivity contribution >= 4 is 44.3 Å². The molecule has 306 valence electrons. The number of aromatic nitrogens is 5. The number of primary amides is 1. The van der Waals surface area contributed by atoms with E-state index in [-0.39, 0.29) is 80.7 Å². The van der Waals surface area contributed by atoms with E-state index in [1.807, 2.05) is 0 Å². The number of halogens is 8. The number of hydrogen-bond acceptors (Lipinski definition) is 8. The van der Waals surface area contributed by atoms with Crippen molar-refractivity contribution in [1.82, 2.24) is 24.5 Å². The van der Waals surface area contributed by atoms with Crippen LogP contribution < -0.4 is 10.5 Å². The van der Waals surface area contributed by atoms with Crippen LogP contribution in [0, 0.1) is 29.4 Å². The maximum Gasteiger partial charge on any atom is 0.435 e. The van der Waals surface area contributed by atoms with Crippen molar-refractivity contribution in [1.29, 1.82) is 0 Å². The topological polar surface area (TPSA) is 167 Å². The Labute approximate surface area is 330 Å². The number of sulfonamides is 1. The van der Waals surface area contributed by atoms with Crippen molar-refractivity contribution < 1.29 is 53.8 Å². The van der Waals surface area contributed by atoms with Crippen LogP contribution in [0.1, 0.15) is 58.2 Å². The number of fused-ring (bicyclic) bond motifs is 4. The van der Waals surface area contributed by atoms with Crippen LogP contribution in [0.3, 0.4) is 0 Å². The number of alkyl halides is 5. The number of nitrogens with two attached hydrogens (primary N) is 1. The molecule has 21 heteroatoms. The van der Waals surface area contributed by atoms with Gasteiger partial charge in [-0.3, -0.25) is 14.2 Å². The monoisotopic (exact) mass is 853 g/mol. The Morgan fingerprint density at radius 3 is 2.47 bits per heavy atom. The standard InChI is InChI=1S/C37H31ClF7N7O5S/c1-51-30-22(7-8-26(38)28(30)35(49-51)50-58(2,55)56)21-6-5-20(4-3-10-57-11-9-53)47-29(21)24(14-17-12-18(39)15-19(40)13-17)31(34(46)54)52-33-27(32(48-52)37(43,44)45)23-16-25(23)36(33,41)42/h5-8,12-13,15,23-25,31,53H,9-11,14,16H2,1-2H3,(H2,46,54)(H,49,50)/t23-,24+,25+,31?/m0/s1. The molecule has 5 aromatic rings. The molecule has 7 rings (SSSR count). The highest BCUT2D eigenvalue weighted by Crippen LogP contribution is 2.69. The molecule has 0 radical (unpaired) electrons. The van der Waals surface area contributed by atoms with E-state index in [1.165, 1.54) is 36.0 Å². The number of aliphatic hydroxyl groups excluding tert-OH is 1. The van der Waals surface area contributed by atoms with Gasteiger partial charge in [-0.1, -0.05) is 23.6 Å². The summed E-state index contributed by atoms with van der Waals surface area (Å²) < 4.78 is 139.